The first kappa shape index (κ1) is 16.3. The lowest BCUT2D eigenvalue weighted by Crippen LogP contribution is -3.04. The summed E-state index contributed by atoms with van der Waals surface area (Å²) >= 11 is 0. The van der Waals surface area contributed by atoms with Crippen molar-refractivity contribution in [2.24, 2.45) is 0 Å². The first-order valence-electron chi connectivity index (χ1n) is 7.24. The second-order valence-electron chi connectivity index (χ2n) is 6.03. The van der Waals surface area contributed by atoms with E-state index in [1.807, 2.05) is 0 Å². The number of aryl methyl sites for hydroxylation is 3. The quantitative estimate of drug-likeness (QED) is 0.665. The van der Waals surface area contributed by atoms with Crippen LogP contribution >= 0.6 is 0 Å². The average Bonchev–Trinajstić information content (AvgIpc) is 2.64. The van der Waals surface area contributed by atoms with Crippen LogP contribution in [0.25, 0.3) is 0 Å². The van der Waals surface area contributed by atoms with Crippen LogP contribution in [0.5, 0.6) is 0 Å². The molecule has 2 atom stereocenters. The maximum absolute atomic E-state index is 2.41. The predicted octanol–water partition coefficient (Wildman–Crippen LogP) is -0.0893. The molecule has 2 nitrogen and oxygen atoms in total. The third kappa shape index (κ3) is 2.57. The standard InChI is InChI=1S/C18H22N2.HI/c1-12-10-13(2)17(14(3)11-12)18-19(4)15-8-6-7-9-16(15)20(18)5;/h6-11,18H,1-5H3;1H. The van der Waals surface area contributed by atoms with Crippen LogP contribution < -0.4 is 33.8 Å². The van der Waals surface area contributed by atoms with Crippen molar-refractivity contribution < 1.29 is 28.9 Å². The van der Waals surface area contributed by atoms with Gasteiger partial charge in [-0.25, -0.2) is 0 Å². The van der Waals surface area contributed by atoms with Gasteiger partial charge in [0.05, 0.1) is 7.05 Å². The summed E-state index contributed by atoms with van der Waals surface area (Å²) < 4.78 is 0. The lowest BCUT2D eigenvalue weighted by Gasteiger charge is -2.26. The number of halogens is 1. The van der Waals surface area contributed by atoms with E-state index < -0.39 is 0 Å². The van der Waals surface area contributed by atoms with Gasteiger partial charge in [-0.3, -0.25) is 4.90 Å². The highest BCUT2D eigenvalue weighted by Gasteiger charge is 2.38. The number of nitrogens with one attached hydrogen (secondary N) is 1. The zero-order chi connectivity index (χ0) is 14.4. The van der Waals surface area contributed by atoms with Crippen molar-refractivity contribution in [3.63, 3.8) is 0 Å². The van der Waals surface area contributed by atoms with E-state index in [0.717, 1.165) is 0 Å². The molecular formula is C18H23IN2. The maximum Gasteiger partial charge on any atom is 0.194 e. The number of para-hydroxylation sites is 2. The summed E-state index contributed by atoms with van der Waals surface area (Å²) in [4.78, 5) is 3.87. The molecule has 1 aliphatic rings. The molecule has 1 heterocycles. The first-order valence-corrected chi connectivity index (χ1v) is 7.24. The molecule has 112 valence electrons. The molecule has 2 unspecified atom stereocenters. The first-order chi connectivity index (χ1) is 9.50. The van der Waals surface area contributed by atoms with Crippen LogP contribution in [0.4, 0.5) is 11.4 Å². The Kier molecular flexibility index (Phi) is 4.63. The van der Waals surface area contributed by atoms with Crippen LogP contribution in [0.3, 0.4) is 0 Å². The van der Waals surface area contributed by atoms with Gasteiger partial charge in [-0.05, 0) is 38.0 Å². The molecule has 3 rings (SSSR count). The van der Waals surface area contributed by atoms with Crippen molar-refractivity contribution >= 4 is 11.4 Å². The van der Waals surface area contributed by atoms with Crippen LogP contribution in [0.2, 0.25) is 0 Å². The molecule has 2 aromatic carbocycles. The SMILES string of the molecule is Cc1cc(C)c(C2N(C)c3ccccc3[NH+]2C)c(C)c1.[I-]. The Balaban J connectivity index is 0.00000161. The summed E-state index contributed by atoms with van der Waals surface area (Å²) in [5, 5.41) is 0. The molecule has 0 spiro atoms. The molecule has 0 saturated carbocycles. The van der Waals surface area contributed by atoms with Gasteiger partial charge in [-0.2, -0.15) is 0 Å². The van der Waals surface area contributed by atoms with Gasteiger partial charge in [0, 0.05) is 18.7 Å². The van der Waals surface area contributed by atoms with E-state index in [-0.39, 0.29) is 24.0 Å². The molecule has 0 radical (unpaired) electrons. The molecule has 1 N–H and O–H groups in total. The molecule has 21 heavy (non-hydrogen) atoms. The van der Waals surface area contributed by atoms with Gasteiger partial charge in [0.15, 0.2) is 11.9 Å². The lowest BCUT2D eigenvalue weighted by atomic mass is 9.97. The third-order valence-corrected chi connectivity index (χ3v) is 4.52. The van der Waals surface area contributed by atoms with Crippen LogP contribution in [0.15, 0.2) is 36.4 Å². The second-order valence-corrected chi connectivity index (χ2v) is 6.03. The number of hydrogen-bond donors (Lipinski definition) is 1. The highest BCUT2D eigenvalue weighted by atomic mass is 127. The largest absolute Gasteiger partial charge is 1.00 e. The maximum atomic E-state index is 2.41. The Labute approximate surface area is 144 Å². The third-order valence-electron chi connectivity index (χ3n) is 4.52. The van der Waals surface area contributed by atoms with E-state index in [9.17, 15) is 0 Å². The molecule has 0 bridgehead atoms. The van der Waals surface area contributed by atoms with E-state index in [4.69, 9.17) is 0 Å². The van der Waals surface area contributed by atoms with Crippen LogP contribution in [0, 0.1) is 20.8 Å². The summed E-state index contributed by atoms with van der Waals surface area (Å²) in [6, 6.07) is 13.3. The zero-order valence-electron chi connectivity index (χ0n) is 13.4. The summed E-state index contributed by atoms with van der Waals surface area (Å²) in [5.74, 6) is 0. The summed E-state index contributed by atoms with van der Waals surface area (Å²) in [5.41, 5.74) is 8.33. The Hall–Kier alpha value is -1.07. The number of nitrogens with zero attached hydrogens (tertiary/aromatic N) is 1. The summed E-state index contributed by atoms with van der Waals surface area (Å²) in [6.45, 7) is 6.65. The predicted molar refractivity (Wildman–Crippen MR) is 84.8 cm³/mol. The van der Waals surface area contributed by atoms with E-state index in [1.165, 1.54) is 38.5 Å². The average molecular weight is 394 g/mol. The minimum absolute atomic E-state index is 0. The van der Waals surface area contributed by atoms with Gasteiger partial charge in [-0.15, -0.1) is 0 Å². The van der Waals surface area contributed by atoms with Crippen LogP contribution in [-0.4, -0.2) is 14.1 Å². The minimum Gasteiger partial charge on any atom is -1.00 e. The molecule has 2 aromatic rings. The molecule has 0 amide bonds. The number of rotatable bonds is 1. The number of fused-ring (bicyclic) bond motifs is 1. The Morgan fingerprint density at radius 2 is 1.57 bits per heavy atom. The van der Waals surface area contributed by atoms with Crippen molar-refractivity contribution in [2.45, 2.75) is 26.9 Å². The van der Waals surface area contributed by atoms with Crippen molar-refractivity contribution in [1.29, 1.82) is 0 Å². The highest BCUT2D eigenvalue weighted by molar-refractivity contribution is 5.66. The van der Waals surface area contributed by atoms with E-state index in [0.29, 0.717) is 6.17 Å². The molecule has 0 aromatic heterocycles. The van der Waals surface area contributed by atoms with E-state index in [1.54, 1.807) is 0 Å². The normalized spacial score (nSPS) is 20.1. The van der Waals surface area contributed by atoms with Gasteiger partial charge in [-0.1, -0.05) is 29.8 Å². The fraction of sp³-hybridized carbons (Fsp3) is 0.333. The van der Waals surface area contributed by atoms with Gasteiger partial charge >= 0.3 is 0 Å². The Morgan fingerprint density at radius 3 is 2.14 bits per heavy atom. The number of benzene rings is 2. The number of quaternary nitrogens is 1. The highest BCUT2D eigenvalue weighted by Crippen LogP contribution is 2.35. The summed E-state index contributed by atoms with van der Waals surface area (Å²) in [6.07, 6.45) is 0.369. The fourth-order valence-electron chi connectivity index (χ4n) is 3.72. The van der Waals surface area contributed by atoms with Gasteiger partial charge in [0.2, 0.25) is 0 Å². The topological polar surface area (TPSA) is 7.68 Å². The van der Waals surface area contributed by atoms with Crippen LogP contribution in [0.1, 0.15) is 28.4 Å². The molecule has 0 fully saturated rings. The van der Waals surface area contributed by atoms with E-state index in [2.05, 4.69) is 76.2 Å². The van der Waals surface area contributed by atoms with Crippen LogP contribution in [-0.2, 0) is 0 Å². The molecule has 3 heteroatoms. The fourth-order valence-corrected chi connectivity index (χ4v) is 3.72. The smallest absolute Gasteiger partial charge is 0.194 e. The molecule has 0 aliphatic carbocycles. The Morgan fingerprint density at radius 1 is 1.00 bits per heavy atom. The lowest BCUT2D eigenvalue weighted by molar-refractivity contribution is -0.838. The molecular weight excluding hydrogens is 371 g/mol. The van der Waals surface area contributed by atoms with Crippen molar-refractivity contribution in [3.8, 4) is 0 Å². The second kappa shape index (κ2) is 5.97. The Bertz CT molecular complexity index is 614. The molecule has 1 aliphatic heterocycles. The van der Waals surface area contributed by atoms with Crippen molar-refractivity contribution in [1.82, 2.24) is 0 Å². The van der Waals surface area contributed by atoms with Gasteiger partial charge in [0.25, 0.3) is 0 Å². The van der Waals surface area contributed by atoms with E-state index >= 15 is 0 Å². The number of hydrogen-bond acceptors (Lipinski definition) is 1. The van der Waals surface area contributed by atoms with Gasteiger partial charge in [0.1, 0.15) is 5.69 Å². The van der Waals surface area contributed by atoms with Crippen molar-refractivity contribution in [3.05, 3.63) is 58.7 Å². The van der Waals surface area contributed by atoms with Gasteiger partial charge < -0.3 is 28.9 Å². The van der Waals surface area contributed by atoms with Crippen molar-refractivity contribution in [2.75, 3.05) is 19.0 Å². The molecule has 0 saturated heterocycles. The summed E-state index contributed by atoms with van der Waals surface area (Å²) in [7, 11) is 4.48. The monoisotopic (exact) mass is 394 g/mol. The zero-order valence-corrected chi connectivity index (χ0v) is 15.5. The minimum atomic E-state index is 0. The number of anilines is 1.